The Morgan fingerprint density at radius 2 is 1.81 bits per heavy atom. The standard InChI is InChI=1S/C19H18N2O5/c1-8-2-4-9(5-3-8)16-15-10-6-11(17(15)26-20-16)14-13(10)18(24)21(19(14)25)7-12(22)23/h2-5,10-11,13-15,17H,6-7H2,1H3,(H,22,23). The molecule has 2 amide bonds. The number of amides is 2. The van der Waals surface area contributed by atoms with Gasteiger partial charge in [0.25, 0.3) is 0 Å². The predicted octanol–water partition coefficient (Wildman–Crippen LogP) is 1.05. The predicted molar refractivity (Wildman–Crippen MR) is 89.0 cm³/mol. The molecular formula is C19H18N2O5. The van der Waals surface area contributed by atoms with E-state index in [0.29, 0.717) is 0 Å². The van der Waals surface area contributed by atoms with Crippen molar-refractivity contribution in [1.29, 1.82) is 0 Å². The molecule has 6 atom stereocenters. The van der Waals surface area contributed by atoms with Crippen LogP contribution in [0.4, 0.5) is 0 Å². The minimum atomic E-state index is -1.17. The van der Waals surface area contributed by atoms with Gasteiger partial charge < -0.3 is 9.94 Å². The molecule has 0 aromatic heterocycles. The van der Waals surface area contributed by atoms with E-state index >= 15 is 0 Å². The van der Waals surface area contributed by atoms with E-state index in [9.17, 15) is 14.4 Å². The van der Waals surface area contributed by atoms with Gasteiger partial charge in [-0.05, 0) is 24.8 Å². The van der Waals surface area contributed by atoms with E-state index in [-0.39, 0.29) is 35.7 Å². The monoisotopic (exact) mass is 354 g/mol. The number of imide groups is 1. The van der Waals surface area contributed by atoms with Crippen LogP contribution in [0.3, 0.4) is 0 Å². The second kappa shape index (κ2) is 5.16. The minimum Gasteiger partial charge on any atom is -0.480 e. The first-order valence-electron chi connectivity index (χ1n) is 8.85. The normalized spacial score (nSPS) is 36.8. The lowest BCUT2D eigenvalue weighted by atomic mass is 9.71. The molecule has 1 aromatic rings. The van der Waals surface area contributed by atoms with E-state index in [2.05, 4.69) is 5.16 Å². The number of hydrogen-bond donors (Lipinski definition) is 1. The van der Waals surface area contributed by atoms with Crippen LogP contribution in [-0.2, 0) is 19.2 Å². The maximum absolute atomic E-state index is 12.8. The third kappa shape index (κ3) is 1.88. The number of carboxylic acids is 1. The van der Waals surface area contributed by atoms with E-state index in [1.807, 2.05) is 31.2 Å². The Bertz CT molecular complexity index is 861. The van der Waals surface area contributed by atoms with Gasteiger partial charge in [0.1, 0.15) is 12.6 Å². The second-order valence-corrected chi connectivity index (χ2v) is 7.71. The first-order chi connectivity index (χ1) is 12.5. The van der Waals surface area contributed by atoms with Gasteiger partial charge in [-0.25, -0.2) is 0 Å². The summed E-state index contributed by atoms with van der Waals surface area (Å²) in [4.78, 5) is 43.0. The lowest BCUT2D eigenvalue weighted by Gasteiger charge is -2.29. The van der Waals surface area contributed by atoms with Crippen molar-refractivity contribution in [3.05, 3.63) is 35.4 Å². The molecule has 2 heterocycles. The summed E-state index contributed by atoms with van der Waals surface area (Å²) in [6.45, 7) is 1.46. The zero-order valence-electron chi connectivity index (χ0n) is 14.2. The highest BCUT2D eigenvalue weighted by Gasteiger charge is 2.70. The first-order valence-corrected chi connectivity index (χ1v) is 8.85. The van der Waals surface area contributed by atoms with Crippen LogP contribution in [0.5, 0.6) is 0 Å². The summed E-state index contributed by atoms with van der Waals surface area (Å²) in [5, 5.41) is 13.3. The number of likely N-dealkylation sites (tertiary alicyclic amines) is 1. The third-order valence-electron chi connectivity index (χ3n) is 6.42. The van der Waals surface area contributed by atoms with E-state index in [0.717, 1.165) is 28.2 Å². The molecule has 3 fully saturated rings. The lowest BCUT2D eigenvalue weighted by Crippen LogP contribution is -2.41. The Labute approximate surface area is 149 Å². The summed E-state index contributed by atoms with van der Waals surface area (Å²) < 4.78 is 0. The highest BCUT2D eigenvalue weighted by molar-refractivity contribution is 6.10. The molecule has 0 spiro atoms. The van der Waals surface area contributed by atoms with Gasteiger partial charge in [0, 0.05) is 11.8 Å². The van der Waals surface area contributed by atoms with E-state index in [4.69, 9.17) is 9.94 Å². The summed E-state index contributed by atoms with van der Waals surface area (Å²) in [6.07, 6.45) is 0.563. The Hall–Kier alpha value is -2.70. The maximum atomic E-state index is 12.8. The number of nitrogens with zero attached hydrogens (tertiary/aromatic N) is 2. The molecule has 7 nitrogen and oxygen atoms in total. The number of carbonyl (C=O) groups excluding carboxylic acids is 2. The SMILES string of the molecule is Cc1ccc(C2=NOC3C4CC(C23)C2C(=O)N(CC(=O)O)C(=O)C42)cc1. The summed E-state index contributed by atoms with van der Waals surface area (Å²) >= 11 is 0. The van der Waals surface area contributed by atoms with Crippen molar-refractivity contribution < 1.29 is 24.3 Å². The number of benzene rings is 1. The molecular weight excluding hydrogens is 336 g/mol. The fourth-order valence-electron chi connectivity index (χ4n) is 5.44. The number of rotatable bonds is 3. The fraction of sp³-hybridized carbons (Fsp3) is 0.474. The smallest absolute Gasteiger partial charge is 0.323 e. The van der Waals surface area contributed by atoms with Crippen molar-refractivity contribution in [3.8, 4) is 0 Å². The van der Waals surface area contributed by atoms with Gasteiger partial charge in [0.05, 0.1) is 17.5 Å². The van der Waals surface area contributed by atoms with Gasteiger partial charge in [0.2, 0.25) is 11.8 Å². The van der Waals surface area contributed by atoms with Crippen LogP contribution in [0.2, 0.25) is 0 Å². The largest absolute Gasteiger partial charge is 0.480 e. The quantitative estimate of drug-likeness (QED) is 0.819. The van der Waals surface area contributed by atoms with Gasteiger partial charge >= 0.3 is 5.97 Å². The summed E-state index contributed by atoms with van der Waals surface area (Å²) in [5.41, 5.74) is 2.97. The number of carbonyl (C=O) groups is 3. The Kier molecular flexibility index (Phi) is 3.08. The zero-order chi connectivity index (χ0) is 18.2. The Balaban J connectivity index is 1.47. The molecule has 4 aliphatic rings. The van der Waals surface area contributed by atoms with E-state index < -0.39 is 24.3 Å². The van der Waals surface area contributed by atoms with Crippen molar-refractivity contribution in [2.75, 3.05) is 6.54 Å². The average Bonchev–Trinajstić information content (AvgIpc) is 3.32. The van der Waals surface area contributed by atoms with Crippen LogP contribution in [-0.4, -0.2) is 46.2 Å². The molecule has 1 saturated heterocycles. The lowest BCUT2D eigenvalue weighted by molar-refractivity contribution is -0.150. The Morgan fingerprint density at radius 1 is 1.15 bits per heavy atom. The topological polar surface area (TPSA) is 96.3 Å². The summed E-state index contributed by atoms with van der Waals surface area (Å²) in [7, 11) is 0. The number of hydrogen-bond acceptors (Lipinski definition) is 5. The van der Waals surface area contributed by atoms with Crippen LogP contribution in [0, 0.1) is 36.5 Å². The van der Waals surface area contributed by atoms with Crippen molar-refractivity contribution in [2.45, 2.75) is 19.4 Å². The minimum absolute atomic E-state index is 0.00881. The number of aryl methyl sites for hydroxylation is 1. The van der Waals surface area contributed by atoms with Crippen LogP contribution < -0.4 is 0 Å². The van der Waals surface area contributed by atoms with E-state index in [1.54, 1.807) is 0 Å². The molecule has 0 radical (unpaired) electrons. The number of aliphatic carboxylic acids is 1. The molecule has 5 rings (SSSR count). The maximum Gasteiger partial charge on any atom is 0.323 e. The van der Waals surface area contributed by atoms with E-state index in [1.165, 1.54) is 0 Å². The number of oxime groups is 1. The van der Waals surface area contributed by atoms with Crippen LogP contribution in [0.15, 0.2) is 29.4 Å². The first kappa shape index (κ1) is 15.5. The summed E-state index contributed by atoms with van der Waals surface area (Å²) in [6, 6.07) is 8.03. The molecule has 2 saturated carbocycles. The van der Waals surface area contributed by atoms with Crippen molar-refractivity contribution in [1.82, 2.24) is 4.90 Å². The Morgan fingerprint density at radius 3 is 2.46 bits per heavy atom. The number of carboxylic acid groups (broad SMARTS) is 1. The van der Waals surface area contributed by atoms with Crippen LogP contribution in [0.25, 0.3) is 0 Å². The summed E-state index contributed by atoms with van der Waals surface area (Å²) in [5.74, 6) is -2.87. The van der Waals surface area contributed by atoms with Gasteiger partial charge in [0.15, 0.2) is 0 Å². The molecule has 2 aliphatic heterocycles. The fourth-order valence-corrected chi connectivity index (χ4v) is 5.44. The van der Waals surface area contributed by atoms with Crippen LogP contribution in [0.1, 0.15) is 17.5 Å². The second-order valence-electron chi connectivity index (χ2n) is 7.71. The van der Waals surface area contributed by atoms with Crippen molar-refractivity contribution in [2.24, 2.45) is 34.7 Å². The van der Waals surface area contributed by atoms with Gasteiger partial charge in [-0.3, -0.25) is 19.3 Å². The van der Waals surface area contributed by atoms with Crippen molar-refractivity contribution in [3.63, 3.8) is 0 Å². The molecule has 7 heteroatoms. The molecule has 2 aliphatic carbocycles. The highest BCUT2D eigenvalue weighted by Crippen LogP contribution is 2.61. The van der Waals surface area contributed by atoms with Gasteiger partial charge in [-0.1, -0.05) is 35.0 Å². The highest BCUT2D eigenvalue weighted by atomic mass is 16.6. The van der Waals surface area contributed by atoms with Gasteiger partial charge in [-0.15, -0.1) is 0 Å². The number of fused-ring (bicyclic) bond motifs is 8. The van der Waals surface area contributed by atoms with Crippen LogP contribution >= 0.6 is 0 Å². The molecule has 1 aromatic carbocycles. The third-order valence-corrected chi connectivity index (χ3v) is 6.42. The molecule has 134 valence electrons. The van der Waals surface area contributed by atoms with Gasteiger partial charge in [-0.2, -0.15) is 0 Å². The average molecular weight is 354 g/mol. The molecule has 6 unspecified atom stereocenters. The molecule has 2 bridgehead atoms. The zero-order valence-corrected chi connectivity index (χ0v) is 14.2. The van der Waals surface area contributed by atoms with Crippen molar-refractivity contribution >= 4 is 23.5 Å². The molecule has 1 N–H and O–H groups in total. The molecule has 26 heavy (non-hydrogen) atoms.